The first-order valence-corrected chi connectivity index (χ1v) is 46.0. The lowest BCUT2D eigenvalue weighted by atomic mass is 9.99. The van der Waals surface area contributed by atoms with Crippen LogP contribution < -0.4 is 51.3 Å². The number of nitrogens with zero attached hydrogens (tertiary/aromatic N) is 4. The van der Waals surface area contributed by atoms with Crippen LogP contribution >= 0.6 is 0 Å². The molecule has 0 N–H and O–H groups in total. The Labute approximate surface area is 714 Å². The summed E-state index contributed by atoms with van der Waals surface area (Å²) in [5.41, 5.74) is 18.6. The summed E-state index contributed by atoms with van der Waals surface area (Å²) in [4.78, 5) is 4.83. The Morgan fingerprint density at radius 2 is 0.451 bits per heavy atom. The molecule has 0 bridgehead atoms. The van der Waals surface area contributed by atoms with E-state index in [0.717, 1.165) is 45.5 Å². The zero-order chi connectivity index (χ0) is 81.2. The Hall–Kier alpha value is -15.4. The van der Waals surface area contributed by atoms with Crippen molar-refractivity contribution >= 4 is 157 Å². The molecule has 22 aromatic rings. The van der Waals surface area contributed by atoms with Gasteiger partial charge in [0.2, 0.25) is 0 Å². The normalized spacial score (nSPS) is 11.6. The molecule has 0 aliphatic heterocycles. The van der Waals surface area contributed by atoms with Crippen molar-refractivity contribution in [3.63, 3.8) is 0 Å². The molecular weight excluding hydrogens is 1510 g/mol. The van der Waals surface area contributed by atoms with Crippen molar-refractivity contribution in [1.82, 2.24) is 9.13 Å². The first-order valence-electron chi connectivity index (χ1n) is 42.0. The van der Waals surface area contributed by atoms with Crippen LogP contribution in [-0.2, 0) is 0 Å². The molecule has 22 rings (SSSR count). The summed E-state index contributed by atoms with van der Waals surface area (Å²) in [5, 5.41) is 20.8. The molecule has 2 heterocycles. The van der Waals surface area contributed by atoms with E-state index in [0.29, 0.717) is 0 Å². The Bertz CT molecular complexity index is 7230. The second kappa shape index (κ2) is 32.5. The molecule has 0 radical (unpaired) electrons. The number of aromatic nitrogens is 2. The van der Waals surface area contributed by atoms with Gasteiger partial charge in [0, 0.05) is 66.7 Å². The monoisotopic (exact) mass is 1590 g/mol. The van der Waals surface area contributed by atoms with Crippen molar-refractivity contribution in [3.05, 3.63) is 510 Å². The van der Waals surface area contributed by atoms with Gasteiger partial charge in [0.15, 0.2) is 16.1 Å². The van der Waals surface area contributed by atoms with E-state index in [9.17, 15) is 0 Å². The van der Waals surface area contributed by atoms with E-state index < -0.39 is 16.1 Å². The van der Waals surface area contributed by atoms with Crippen molar-refractivity contribution < 1.29 is 0 Å². The number of anilines is 6. The van der Waals surface area contributed by atoms with Gasteiger partial charge < -0.3 is 18.9 Å². The molecule has 4 nitrogen and oxygen atoms in total. The molecule has 0 saturated carbocycles. The molecule has 20 aromatic carbocycles. The van der Waals surface area contributed by atoms with Crippen LogP contribution in [0.3, 0.4) is 0 Å². The summed E-state index contributed by atoms with van der Waals surface area (Å²) >= 11 is 0. The first-order chi connectivity index (χ1) is 60.6. The zero-order valence-corrected chi connectivity index (χ0v) is 69.3. The lowest BCUT2D eigenvalue weighted by Gasteiger charge is -2.35. The van der Waals surface area contributed by atoms with Crippen molar-refractivity contribution in [2.45, 2.75) is 0 Å². The molecule has 2 aromatic heterocycles. The van der Waals surface area contributed by atoms with Crippen LogP contribution in [0.2, 0.25) is 0 Å². The predicted octanol–water partition coefficient (Wildman–Crippen LogP) is 24.9. The Kier molecular flexibility index (Phi) is 19.7. The maximum Gasteiger partial charge on any atom is 0.179 e. The van der Waals surface area contributed by atoms with Gasteiger partial charge in [0.05, 0.1) is 27.8 Å². The van der Waals surface area contributed by atoms with Gasteiger partial charge in [0.1, 0.15) is 0 Å². The smallest absolute Gasteiger partial charge is 0.179 e. The largest absolute Gasteiger partial charge is 0.310 e. The lowest BCUT2D eigenvalue weighted by molar-refractivity contribution is 1.18. The van der Waals surface area contributed by atoms with Gasteiger partial charge in [-0.05, 0) is 195 Å². The molecule has 6 heteroatoms. The molecule has 0 amide bonds. The van der Waals surface area contributed by atoms with Crippen LogP contribution in [0.4, 0.5) is 34.1 Å². The minimum atomic E-state index is -2.69. The third kappa shape index (κ3) is 13.2. The molecular formula is C116H84N4Si2. The topological polar surface area (TPSA) is 16.3 Å². The van der Waals surface area contributed by atoms with E-state index in [1.54, 1.807) is 0 Å². The highest BCUT2D eigenvalue weighted by Crippen LogP contribution is 2.45. The number of benzene rings is 20. The lowest BCUT2D eigenvalue weighted by Crippen LogP contribution is -2.74. The summed E-state index contributed by atoms with van der Waals surface area (Å²) in [6, 6.07) is 187. The summed E-state index contributed by atoms with van der Waals surface area (Å²) in [7, 11) is -5.37. The van der Waals surface area contributed by atoms with E-state index in [4.69, 9.17) is 0 Å². The second-order valence-corrected chi connectivity index (χ2v) is 39.0. The summed E-state index contributed by atoms with van der Waals surface area (Å²) in [6.07, 6.45) is 0. The van der Waals surface area contributed by atoms with E-state index in [2.05, 4.69) is 529 Å². The van der Waals surface area contributed by atoms with Crippen LogP contribution in [0, 0.1) is 0 Å². The highest BCUT2D eigenvalue weighted by Gasteiger charge is 2.43. The molecule has 0 unspecified atom stereocenters. The fourth-order valence-corrected chi connectivity index (χ4v) is 28.7. The fraction of sp³-hybridized carbons (Fsp3) is 0. The van der Waals surface area contributed by atoms with Crippen LogP contribution in [0.5, 0.6) is 0 Å². The number of para-hydroxylation sites is 4. The number of hydrogen-bond acceptors (Lipinski definition) is 2. The third-order valence-electron chi connectivity index (χ3n) is 24.7. The van der Waals surface area contributed by atoms with Crippen molar-refractivity contribution in [2.75, 3.05) is 9.80 Å². The molecule has 122 heavy (non-hydrogen) atoms. The van der Waals surface area contributed by atoms with Gasteiger partial charge in [-0.15, -0.1) is 0 Å². The molecule has 0 aliphatic rings. The van der Waals surface area contributed by atoms with Gasteiger partial charge in [-0.3, -0.25) is 0 Å². The molecule has 0 atom stereocenters. The van der Waals surface area contributed by atoms with E-state index in [1.165, 1.54) is 129 Å². The van der Waals surface area contributed by atoms with Gasteiger partial charge in [-0.25, -0.2) is 0 Å². The Balaban J connectivity index is 0.000000150. The Morgan fingerprint density at radius 1 is 0.172 bits per heavy atom. The maximum atomic E-state index is 2.43. The van der Waals surface area contributed by atoms with Gasteiger partial charge in [-0.2, -0.15) is 0 Å². The SMILES string of the molecule is c1ccc(-n2c3ccccc3c3c(-c4ccc(N(c5ccc([Si](c6ccccc6)(c6ccccc6)c6ccccc6)cc5)c5ccc6ccccc6c5)cc4)cccc32)cc1.c1ccc(-n2c3ccccc3c3c(-c4ccc(N(c5ccc([Si](c6ccccc6)(c6ccccc6)c6ccccc6)cc5)c5cccc6ccccc56)cc4)cccc32)cc1. The number of rotatable bonds is 18. The molecule has 0 aliphatic carbocycles. The van der Waals surface area contributed by atoms with E-state index in [-0.39, 0.29) is 0 Å². The van der Waals surface area contributed by atoms with Crippen molar-refractivity contribution in [3.8, 4) is 33.6 Å². The van der Waals surface area contributed by atoms with E-state index in [1.807, 2.05) is 0 Å². The summed E-state index contributed by atoms with van der Waals surface area (Å²) < 4.78 is 4.78. The predicted molar refractivity (Wildman–Crippen MR) is 524 cm³/mol. The second-order valence-electron chi connectivity index (χ2n) is 31.4. The van der Waals surface area contributed by atoms with Crippen LogP contribution in [0.1, 0.15) is 0 Å². The first kappa shape index (κ1) is 74.1. The van der Waals surface area contributed by atoms with Crippen LogP contribution in [0.25, 0.3) is 98.8 Å². The van der Waals surface area contributed by atoms with Crippen LogP contribution in [-0.4, -0.2) is 25.3 Å². The average molecular weight is 1590 g/mol. The quantitative estimate of drug-likeness (QED) is 0.0629. The summed E-state index contributed by atoms with van der Waals surface area (Å²) in [5.74, 6) is 0. The van der Waals surface area contributed by atoms with Gasteiger partial charge in [0.25, 0.3) is 0 Å². The third-order valence-corrected chi connectivity index (χ3v) is 34.2. The maximum absolute atomic E-state index is 2.69. The average Bonchev–Trinajstić information content (AvgIpc) is 1.27. The van der Waals surface area contributed by atoms with Crippen LogP contribution in [0.15, 0.2) is 510 Å². The number of hydrogen-bond donors (Lipinski definition) is 0. The highest BCUT2D eigenvalue weighted by atomic mass is 28.3. The van der Waals surface area contributed by atoms with Crippen molar-refractivity contribution in [1.29, 1.82) is 0 Å². The fourth-order valence-electron chi connectivity index (χ4n) is 19.3. The zero-order valence-electron chi connectivity index (χ0n) is 67.3. The minimum Gasteiger partial charge on any atom is -0.310 e. The van der Waals surface area contributed by atoms with Gasteiger partial charge >= 0.3 is 0 Å². The van der Waals surface area contributed by atoms with E-state index >= 15 is 0 Å². The number of fused-ring (bicyclic) bond motifs is 8. The standard InChI is InChI=1S/2C58H42N2Si/c1-5-21-45(22-6-1)60-56-32-16-15-30-54(56)58-53(31-18-34-57(58)60)44-35-37-46(38-36-44)59(55-33-17-20-43-19-13-14-29-52(43)55)47-39-41-51(42-40-47)61(48-23-7-2-8-24-48,49-25-9-3-10-26-49)50-27-11-4-12-28-50;1-5-20-46(21-6-1)60-56-30-16-15-28-55(56)58-54(29-17-31-57(58)60)44-33-35-47(36-34-44)59(49-37-32-43-18-13-14-19-45(43)42-49)48-38-40-53(41-39-48)61(50-22-7-2-8-23-50,51-24-9-3-10-25-51)52-26-11-4-12-27-52/h2*1-42H. The molecule has 0 spiro atoms. The van der Waals surface area contributed by atoms with Gasteiger partial charge in [-0.1, -0.05) is 394 Å². The minimum absolute atomic E-state index is 1.10. The summed E-state index contributed by atoms with van der Waals surface area (Å²) in [6.45, 7) is 0. The molecule has 0 fully saturated rings. The highest BCUT2D eigenvalue weighted by molar-refractivity contribution is 7.20. The molecule has 0 saturated heterocycles. The van der Waals surface area contributed by atoms with Crippen molar-refractivity contribution in [2.24, 2.45) is 0 Å². The Morgan fingerprint density at radius 3 is 0.844 bits per heavy atom. The molecule has 576 valence electrons.